The first-order valence-electron chi connectivity index (χ1n) is 8.15. The molecule has 8 nitrogen and oxygen atoms in total. The first kappa shape index (κ1) is 16.1. The van der Waals surface area contributed by atoms with Crippen molar-refractivity contribution >= 4 is 27.8 Å². The SMILES string of the molecule is Cn1cc(-c2cc(C(N)=O)nc3[nH]ncc23)c2c(OCCN)cccc21. The summed E-state index contributed by atoms with van der Waals surface area (Å²) in [5, 5.41) is 8.60. The number of carbonyl (C=O) groups is 1. The number of carbonyl (C=O) groups excluding carboxylic acids is 1. The van der Waals surface area contributed by atoms with Crippen LogP contribution in [0.4, 0.5) is 0 Å². The van der Waals surface area contributed by atoms with Gasteiger partial charge in [0, 0.05) is 36.1 Å². The van der Waals surface area contributed by atoms with Gasteiger partial charge in [-0.3, -0.25) is 9.89 Å². The van der Waals surface area contributed by atoms with Crippen molar-refractivity contribution in [2.75, 3.05) is 13.2 Å². The predicted molar refractivity (Wildman–Crippen MR) is 98.9 cm³/mol. The van der Waals surface area contributed by atoms with Crippen molar-refractivity contribution in [2.45, 2.75) is 0 Å². The number of rotatable bonds is 5. The van der Waals surface area contributed by atoms with Gasteiger partial charge in [-0.25, -0.2) is 4.98 Å². The molecule has 0 spiro atoms. The molecule has 1 aromatic carbocycles. The number of amides is 1. The summed E-state index contributed by atoms with van der Waals surface area (Å²) in [6, 6.07) is 7.54. The summed E-state index contributed by atoms with van der Waals surface area (Å²) < 4.78 is 7.86. The van der Waals surface area contributed by atoms with Crippen molar-refractivity contribution < 1.29 is 9.53 Å². The first-order valence-corrected chi connectivity index (χ1v) is 8.15. The van der Waals surface area contributed by atoms with Gasteiger partial charge >= 0.3 is 0 Å². The van der Waals surface area contributed by atoms with Gasteiger partial charge in [0.15, 0.2) is 5.65 Å². The number of benzene rings is 1. The second-order valence-electron chi connectivity index (χ2n) is 5.99. The van der Waals surface area contributed by atoms with Crippen LogP contribution in [-0.4, -0.2) is 38.8 Å². The lowest BCUT2D eigenvalue weighted by Crippen LogP contribution is -2.13. The minimum absolute atomic E-state index is 0.175. The Kier molecular flexibility index (Phi) is 3.81. The maximum absolute atomic E-state index is 11.7. The number of nitrogens with two attached hydrogens (primary N) is 2. The van der Waals surface area contributed by atoms with E-state index in [-0.39, 0.29) is 5.69 Å². The number of pyridine rings is 1. The lowest BCUT2D eigenvalue weighted by molar-refractivity contribution is 0.0996. The number of nitrogens with zero attached hydrogens (tertiary/aromatic N) is 3. The average Bonchev–Trinajstić information content (AvgIpc) is 3.24. The van der Waals surface area contributed by atoms with E-state index < -0.39 is 5.91 Å². The number of fused-ring (bicyclic) bond motifs is 2. The lowest BCUT2D eigenvalue weighted by atomic mass is 10.0. The van der Waals surface area contributed by atoms with E-state index in [1.165, 1.54) is 0 Å². The van der Waals surface area contributed by atoms with Gasteiger partial charge in [0.05, 0.1) is 11.7 Å². The molecule has 1 amide bonds. The van der Waals surface area contributed by atoms with Gasteiger partial charge in [-0.15, -0.1) is 0 Å². The Hall–Kier alpha value is -3.39. The van der Waals surface area contributed by atoms with Crippen LogP contribution in [0.3, 0.4) is 0 Å². The fraction of sp³-hybridized carbons (Fsp3) is 0.167. The highest BCUT2D eigenvalue weighted by Gasteiger charge is 2.18. The van der Waals surface area contributed by atoms with Crippen LogP contribution in [0.1, 0.15) is 10.5 Å². The Morgan fingerprint density at radius 2 is 2.19 bits per heavy atom. The van der Waals surface area contributed by atoms with Crippen molar-refractivity contribution in [3.8, 4) is 16.9 Å². The third-order valence-electron chi connectivity index (χ3n) is 4.32. The van der Waals surface area contributed by atoms with Crippen molar-refractivity contribution in [3.05, 3.63) is 42.4 Å². The first-order chi connectivity index (χ1) is 12.6. The highest BCUT2D eigenvalue weighted by Crippen LogP contribution is 2.39. The van der Waals surface area contributed by atoms with E-state index in [1.807, 2.05) is 36.0 Å². The van der Waals surface area contributed by atoms with Crippen molar-refractivity contribution in [1.82, 2.24) is 19.7 Å². The quantitative estimate of drug-likeness (QED) is 0.504. The van der Waals surface area contributed by atoms with E-state index in [9.17, 15) is 4.79 Å². The molecule has 0 unspecified atom stereocenters. The minimum atomic E-state index is -0.595. The smallest absolute Gasteiger partial charge is 0.267 e. The largest absolute Gasteiger partial charge is 0.492 e. The number of aromatic amines is 1. The molecule has 0 atom stereocenters. The maximum Gasteiger partial charge on any atom is 0.267 e. The van der Waals surface area contributed by atoms with Crippen LogP contribution in [-0.2, 0) is 7.05 Å². The van der Waals surface area contributed by atoms with Crippen LogP contribution in [0.25, 0.3) is 33.1 Å². The van der Waals surface area contributed by atoms with E-state index in [0.717, 1.165) is 33.2 Å². The van der Waals surface area contributed by atoms with Gasteiger partial charge < -0.3 is 20.8 Å². The Morgan fingerprint density at radius 1 is 1.35 bits per heavy atom. The van der Waals surface area contributed by atoms with E-state index in [0.29, 0.717) is 18.8 Å². The number of ether oxygens (including phenoxy) is 1. The van der Waals surface area contributed by atoms with Gasteiger partial charge in [0.25, 0.3) is 5.91 Å². The highest BCUT2D eigenvalue weighted by atomic mass is 16.5. The average molecular weight is 350 g/mol. The molecule has 0 bridgehead atoms. The van der Waals surface area contributed by atoms with Crippen LogP contribution in [0.15, 0.2) is 36.7 Å². The molecule has 0 radical (unpaired) electrons. The van der Waals surface area contributed by atoms with Crippen molar-refractivity contribution in [3.63, 3.8) is 0 Å². The molecular weight excluding hydrogens is 332 g/mol. The molecule has 4 aromatic rings. The van der Waals surface area contributed by atoms with Gasteiger partial charge in [0.2, 0.25) is 0 Å². The second-order valence-corrected chi connectivity index (χ2v) is 5.99. The summed E-state index contributed by atoms with van der Waals surface area (Å²) in [5.74, 6) is 0.139. The Labute approximate surface area is 148 Å². The Balaban J connectivity index is 2.04. The molecule has 0 aliphatic carbocycles. The molecule has 8 heteroatoms. The number of aromatic nitrogens is 4. The number of hydrogen-bond donors (Lipinski definition) is 3. The Bertz CT molecular complexity index is 1130. The topological polar surface area (TPSA) is 125 Å². The monoisotopic (exact) mass is 350 g/mol. The summed E-state index contributed by atoms with van der Waals surface area (Å²) >= 11 is 0. The number of primary amides is 1. The zero-order valence-electron chi connectivity index (χ0n) is 14.2. The molecule has 3 aromatic heterocycles. The zero-order chi connectivity index (χ0) is 18.3. The van der Waals surface area contributed by atoms with E-state index >= 15 is 0 Å². The molecule has 5 N–H and O–H groups in total. The fourth-order valence-electron chi connectivity index (χ4n) is 3.18. The third kappa shape index (κ3) is 2.47. The molecule has 0 fully saturated rings. The number of H-pyrrole nitrogens is 1. The third-order valence-corrected chi connectivity index (χ3v) is 4.32. The van der Waals surface area contributed by atoms with Gasteiger partial charge in [-0.2, -0.15) is 5.10 Å². The van der Waals surface area contributed by atoms with E-state index in [2.05, 4.69) is 15.2 Å². The highest BCUT2D eigenvalue weighted by molar-refractivity contribution is 6.08. The summed E-state index contributed by atoms with van der Waals surface area (Å²) in [4.78, 5) is 15.9. The molecular formula is C18H18N6O2. The maximum atomic E-state index is 11.7. The summed E-state index contributed by atoms with van der Waals surface area (Å²) in [6.07, 6.45) is 3.68. The predicted octanol–water partition coefficient (Wildman–Crippen LogP) is 1.55. The molecule has 4 rings (SSSR count). The van der Waals surface area contributed by atoms with Gasteiger partial charge in [-0.1, -0.05) is 6.07 Å². The standard InChI is InChI=1S/C18H18N6O2/c1-24-9-12(16-14(24)3-2-4-15(16)26-6-5-19)10-7-13(17(20)25)22-18-11(10)8-21-23-18/h2-4,7-9H,5-6,19H2,1H3,(H2,20,25)(H,21,22,23). The number of hydrogen-bond acceptors (Lipinski definition) is 5. The van der Waals surface area contributed by atoms with Crippen LogP contribution in [0.5, 0.6) is 5.75 Å². The van der Waals surface area contributed by atoms with Gasteiger partial charge in [-0.05, 0) is 23.8 Å². The lowest BCUT2D eigenvalue weighted by Gasteiger charge is -2.09. The molecule has 0 saturated heterocycles. The molecule has 3 heterocycles. The number of aryl methyl sites for hydroxylation is 1. The van der Waals surface area contributed by atoms with Crippen LogP contribution < -0.4 is 16.2 Å². The molecule has 0 aliphatic rings. The Morgan fingerprint density at radius 3 is 2.96 bits per heavy atom. The summed E-state index contributed by atoms with van der Waals surface area (Å²) in [5.41, 5.74) is 14.4. The number of nitrogens with one attached hydrogen (secondary N) is 1. The molecule has 0 aliphatic heterocycles. The second kappa shape index (κ2) is 6.16. The minimum Gasteiger partial charge on any atom is -0.492 e. The fourth-order valence-corrected chi connectivity index (χ4v) is 3.18. The summed E-state index contributed by atoms with van der Waals surface area (Å²) in [7, 11) is 1.96. The van der Waals surface area contributed by atoms with Crippen molar-refractivity contribution in [1.29, 1.82) is 0 Å². The molecule has 26 heavy (non-hydrogen) atoms. The molecule has 132 valence electrons. The van der Waals surface area contributed by atoms with Crippen molar-refractivity contribution in [2.24, 2.45) is 18.5 Å². The van der Waals surface area contributed by atoms with Crippen LogP contribution in [0.2, 0.25) is 0 Å². The van der Waals surface area contributed by atoms with Gasteiger partial charge in [0.1, 0.15) is 18.1 Å². The van der Waals surface area contributed by atoms with E-state index in [1.54, 1.807) is 12.3 Å². The normalized spacial score (nSPS) is 11.3. The van der Waals surface area contributed by atoms with E-state index in [4.69, 9.17) is 16.2 Å². The molecule has 0 saturated carbocycles. The summed E-state index contributed by atoms with van der Waals surface area (Å²) in [6.45, 7) is 0.836. The van der Waals surface area contributed by atoms with Crippen LogP contribution in [0, 0.1) is 0 Å². The zero-order valence-corrected chi connectivity index (χ0v) is 14.2. The van der Waals surface area contributed by atoms with Crippen LogP contribution >= 0.6 is 0 Å².